The molecule has 0 aromatic carbocycles. The van der Waals surface area contributed by atoms with Gasteiger partial charge in [-0.15, -0.1) is 0 Å². The highest BCUT2D eigenvalue weighted by Gasteiger charge is 2.23. The largest absolute Gasteiger partial charge is 0.373 e. The summed E-state index contributed by atoms with van der Waals surface area (Å²) in [5.74, 6) is 0.938. The summed E-state index contributed by atoms with van der Waals surface area (Å²) in [5.41, 5.74) is 0. The SMILES string of the molecule is C1CNCC(CCC2CO2)C1. The fourth-order valence-corrected chi connectivity index (χ4v) is 1.83. The zero-order valence-corrected chi connectivity index (χ0v) is 7.01. The molecule has 64 valence electrons. The van der Waals surface area contributed by atoms with Crippen LogP contribution in [0.1, 0.15) is 25.7 Å². The summed E-state index contributed by atoms with van der Waals surface area (Å²) >= 11 is 0. The van der Waals surface area contributed by atoms with Gasteiger partial charge < -0.3 is 10.1 Å². The van der Waals surface area contributed by atoms with E-state index in [0.717, 1.165) is 12.5 Å². The van der Waals surface area contributed by atoms with Crippen molar-refractivity contribution < 1.29 is 4.74 Å². The van der Waals surface area contributed by atoms with Crippen LogP contribution in [0.4, 0.5) is 0 Å². The lowest BCUT2D eigenvalue weighted by Crippen LogP contribution is -2.29. The van der Waals surface area contributed by atoms with E-state index in [4.69, 9.17) is 4.74 Å². The highest BCUT2D eigenvalue weighted by atomic mass is 16.6. The van der Waals surface area contributed by atoms with Crippen molar-refractivity contribution in [1.82, 2.24) is 5.32 Å². The van der Waals surface area contributed by atoms with Gasteiger partial charge in [0.15, 0.2) is 0 Å². The molecule has 1 N–H and O–H groups in total. The van der Waals surface area contributed by atoms with Crippen molar-refractivity contribution in [2.45, 2.75) is 31.8 Å². The quantitative estimate of drug-likeness (QED) is 0.619. The summed E-state index contributed by atoms with van der Waals surface area (Å²) in [5, 5.41) is 3.44. The van der Waals surface area contributed by atoms with Gasteiger partial charge in [-0.05, 0) is 44.7 Å². The predicted molar refractivity (Wildman–Crippen MR) is 44.6 cm³/mol. The molecule has 2 fully saturated rings. The zero-order chi connectivity index (χ0) is 7.52. The van der Waals surface area contributed by atoms with Crippen LogP contribution in [0.5, 0.6) is 0 Å². The van der Waals surface area contributed by atoms with Crippen LogP contribution in [0.15, 0.2) is 0 Å². The van der Waals surface area contributed by atoms with E-state index < -0.39 is 0 Å². The van der Waals surface area contributed by atoms with Gasteiger partial charge >= 0.3 is 0 Å². The summed E-state index contributed by atoms with van der Waals surface area (Å²) in [6.07, 6.45) is 6.11. The van der Waals surface area contributed by atoms with Crippen LogP contribution < -0.4 is 5.32 Å². The average molecular weight is 155 g/mol. The Kier molecular flexibility index (Phi) is 2.44. The Morgan fingerprint density at radius 1 is 1.36 bits per heavy atom. The van der Waals surface area contributed by atoms with Gasteiger partial charge in [0.05, 0.1) is 12.7 Å². The standard InChI is InChI=1S/C9H17NO/c1-2-8(6-10-5-1)3-4-9-7-11-9/h8-10H,1-7H2. The van der Waals surface area contributed by atoms with Crippen molar-refractivity contribution >= 4 is 0 Å². The molecule has 0 bridgehead atoms. The van der Waals surface area contributed by atoms with Crippen molar-refractivity contribution in [2.24, 2.45) is 5.92 Å². The lowest BCUT2D eigenvalue weighted by atomic mass is 9.94. The predicted octanol–water partition coefficient (Wildman–Crippen LogP) is 1.17. The monoisotopic (exact) mass is 155 g/mol. The van der Waals surface area contributed by atoms with Gasteiger partial charge in [0.1, 0.15) is 0 Å². The van der Waals surface area contributed by atoms with Gasteiger partial charge in [0.25, 0.3) is 0 Å². The second kappa shape index (κ2) is 3.55. The molecule has 2 nitrogen and oxygen atoms in total. The van der Waals surface area contributed by atoms with E-state index >= 15 is 0 Å². The van der Waals surface area contributed by atoms with E-state index in [9.17, 15) is 0 Å². The van der Waals surface area contributed by atoms with Gasteiger partial charge in [-0.3, -0.25) is 0 Å². The third-order valence-corrected chi connectivity index (χ3v) is 2.70. The average Bonchev–Trinajstić information content (AvgIpc) is 2.86. The van der Waals surface area contributed by atoms with Crippen LogP contribution in [-0.2, 0) is 4.74 Å². The highest BCUT2D eigenvalue weighted by molar-refractivity contribution is 4.74. The second-order valence-corrected chi connectivity index (χ2v) is 3.75. The van der Waals surface area contributed by atoms with E-state index in [1.807, 2.05) is 0 Å². The number of hydrogen-bond donors (Lipinski definition) is 1. The summed E-state index contributed by atoms with van der Waals surface area (Å²) in [4.78, 5) is 0. The summed E-state index contributed by atoms with van der Waals surface area (Å²) in [6, 6.07) is 0. The molecule has 0 spiro atoms. The molecule has 2 heteroatoms. The van der Waals surface area contributed by atoms with Crippen molar-refractivity contribution in [3.63, 3.8) is 0 Å². The van der Waals surface area contributed by atoms with E-state index in [2.05, 4.69) is 5.32 Å². The summed E-state index contributed by atoms with van der Waals surface area (Å²) in [6.45, 7) is 3.50. The lowest BCUT2D eigenvalue weighted by molar-refractivity contribution is 0.322. The Morgan fingerprint density at radius 2 is 2.27 bits per heavy atom. The Hall–Kier alpha value is -0.0800. The summed E-state index contributed by atoms with van der Waals surface area (Å²) < 4.78 is 5.18. The maximum absolute atomic E-state index is 5.18. The van der Waals surface area contributed by atoms with Crippen molar-refractivity contribution in [3.05, 3.63) is 0 Å². The second-order valence-electron chi connectivity index (χ2n) is 3.75. The molecule has 0 radical (unpaired) electrons. The fraction of sp³-hybridized carbons (Fsp3) is 1.00. The molecule has 2 unspecified atom stereocenters. The maximum Gasteiger partial charge on any atom is 0.0810 e. The molecule has 2 aliphatic rings. The molecule has 2 heterocycles. The molecular formula is C9H17NO. The van der Waals surface area contributed by atoms with E-state index in [0.29, 0.717) is 6.10 Å². The minimum absolute atomic E-state index is 0.636. The van der Waals surface area contributed by atoms with Gasteiger partial charge in [0.2, 0.25) is 0 Å². The molecular weight excluding hydrogens is 138 g/mol. The van der Waals surface area contributed by atoms with E-state index in [1.54, 1.807) is 0 Å². The molecule has 2 aliphatic heterocycles. The van der Waals surface area contributed by atoms with Crippen LogP contribution >= 0.6 is 0 Å². The number of ether oxygens (including phenoxy) is 1. The molecule has 0 aromatic rings. The smallest absolute Gasteiger partial charge is 0.0810 e. The van der Waals surface area contributed by atoms with Gasteiger partial charge in [-0.1, -0.05) is 0 Å². The molecule has 2 rings (SSSR count). The minimum atomic E-state index is 0.636. The Balaban J connectivity index is 1.59. The van der Waals surface area contributed by atoms with Gasteiger partial charge in [-0.25, -0.2) is 0 Å². The van der Waals surface area contributed by atoms with Crippen molar-refractivity contribution in [2.75, 3.05) is 19.7 Å². The number of hydrogen-bond acceptors (Lipinski definition) is 2. The van der Waals surface area contributed by atoms with Crippen LogP contribution in [0.2, 0.25) is 0 Å². The Bertz CT molecular complexity index is 117. The van der Waals surface area contributed by atoms with E-state index in [1.165, 1.54) is 38.8 Å². The first kappa shape index (κ1) is 7.56. The molecule has 2 atom stereocenters. The zero-order valence-electron chi connectivity index (χ0n) is 7.01. The fourth-order valence-electron chi connectivity index (χ4n) is 1.83. The molecule has 2 saturated heterocycles. The molecule has 0 aliphatic carbocycles. The molecule has 0 amide bonds. The topological polar surface area (TPSA) is 24.6 Å². The van der Waals surface area contributed by atoms with Crippen LogP contribution in [0, 0.1) is 5.92 Å². The number of nitrogens with one attached hydrogen (secondary N) is 1. The Labute approximate surface area is 68.3 Å². The number of epoxide rings is 1. The third-order valence-electron chi connectivity index (χ3n) is 2.70. The normalized spacial score (nSPS) is 37.1. The first-order valence-corrected chi connectivity index (χ1v) is 4.77. The first-order chi connectivity index (χ1) is 5.45. The van der Waals surface area contributed by atoms with Crippen molar-refractivity contribution in [3.8, 4) is 0 Å². The third kappa shape index (κ3) is 2.46. The Morgan fingerprint density at radius 3 is 2.91 bits per heavy atom. The molecule has 0 saturated carbocycles. The van der Waals surface area contributed by atoms with Gasteiger partial charge in [-0.2, -0.15) is 0 Å². The highest BCUT2D eigenvalue weighted by Crippen LogP contribution is 2.22. The van der Waals surface area contributed by atoms with Gasteiger partial charge in [0, 0.05) is 0 Å². The molecule has 0 aromatic heterocycles. The van der Waals surface area contributed by atoms with Crippen LogP contribution in [0.25, 0.3) is 0 Å². The number of piperidine rings is 1. The van der Waals surface area contributed by atoms with E-state index in [-0.39, 0.29) is 0 Å². The van der Waals surface area contributed by atoms with Crippen LogP contribution in [0.3, 0.4) is 0 Å². The maximum atomic E-state index is 5.18. The minimum Gasteiger partial charge on any atom is -0.373 e. The van der Waals surface area contributed by atoms with Crippen LogP contribution in [-0.4, -0.2) is 25.8 Å². The first-order valence-electron chi connectivity index (χ1n) is 4.77. The number of rotatable bonds is 3. The molecule has 11 heavy (non-hydrogen) atoms. The summed E-state index contributed by atoms with van der Waals surface area (Å²) in [7, 11) is 0. The lowest BCUT2D eigenvalue weighted by Gasteiger charge is -2.22. The van der Waals surface area contributed by atoms with Crippen molar-refractivity contribution in [1.29, 1.82) is 0 Å².